The number of hydrogen-bond acceptors (Lipinski definition) is 16. The molecule has 3 aliphatic rings. The van der Waals surface area contributed by atoms with Crippen LogP contribution in [-0.4, -0.2) is 171 Å². The summed E-state index contributed by atoms with van der Waals surface area (Å²) in [6.45, 7) is -1.05. The van der Waals surface area contributed by atoms with E-state index >= 15 is 0 Å². The second kappa shape index (κ2) is 13.5. The van der Waals surface area contributed by atoms with Gasteiger partial charge in [0.1, 0.15) is 73.2 Å². The first-order valence-corrected chi connectivity index (χ1v) is 12.0. The van der Waals surface area contributed by atoms with Crippen molar-refractivity contribution in [2.75, 3.05) is 26.9 Å². The Labute approximate surface area is 217 Å². The Morgan fingerprint density at radius 2 is 1.16 bits per heavy atom. The molecule has 17 nitrogen and oxygen atoms in total. The molecule has 3 fully saturated rings. The van der Waals surface area contributed by atoms with E-state index in [4.69, 9.17) is 28.4 Å². The second-order valence-electron chi connectivity index (χ2n) is 9.28. The van der Waals surface area contributed by atoms with E-state index in [1.807, 2.05) is 0 Å². The lowest BCUT2D eigenvalue weighted by Crippen LogP contribution is -2.68. The van der Waals surface area contributed by atoms with Crippen LogP contribution in [0.25, 0.3) is 0 Å². The molecule has 0 aromatic rings. The van der Waals surface area contributed by atoms with E-state index in [2.05, 4.69) is 5.32 Å². The minimum Gasteiger partial charge on any atom is -0.394 e. The molecule has 0 aliphatic carbocycles. The molecule has 0 radical (unpaired) electrons. The van der Waals surface area contributed by atoms with Crippen LogP contribution in [0, 0.1) is 0 Å². The molecule has 15 atom stereocenters. The maximum Gasteiger partial charge on any atom is 0.217 e. The van der Waals surface area contributed by atoms with Gasteiger partial charge in [-0.3, -0.25) is 4.79 Å². The van der Waals surface area contributed by atoms with Crippen LogP contribution in [0.3, 0.4) is 0 Å². The van der Waals surface area contributed by atoms with Crippen molar-refractivity contribution in [2.24, 2.45) is 0 Å². The average Bonchev–Trinajstić information content (AvgIpc) is 2.89. The van der Waals surface area contributed by atoms with Gasteiger partial charge in [-0.25, -0.2) is 0 Å². The molecule has 3 saturated heterocycles. The quantitative estimate of drug-likeness (QED) is 0.126. The first-order valence-electron chi connectivity index (χ1n) is 12.0. The van der Waals surface area contributed by atoms with Crippen LogP contribution >= 0.6 is 0 Å². The Kier molecular flexibility index (Phi) is 11.1. The highest BCUT2D eigenvalue weighted by Gasteiger charge is 2.53. The molecule has 17 heteroatoms. The molecule has 3 aliphatic heterocycles. The monoisotopic (exact) mass is 559 g/mol. The van der Waals surface area contributed by atoms with Gasteiger partial charge >= 0.3 is 0 Å². The summed E-state index contributed by atoms with van der Waals surface area (Å²) < 4.78 is 32.7. The summed E-state index contributed by atoms with van der Waals surface area (Å²) in [4.78, 5) is 11.6. The van der Waals surface area contributed by atoms with E-state index in [1.165, 1.54) is 14.0 Å². The highest BCUT2D eigenvalue weighted by molar-refractivity contribution is 5.73. The van der Waals surface area contributed by atoms with Gasteiger partial charge in [0, 0.05) is 14.0 Å². The number of carbonyl (C=O) groups is 1. The van der Waals surface area contributed by atoms with Crippen molar-refractivity contribution < 1.29 is 79.2 Å². The van der Waals surface area contributed by atoms with Gasteiger partial charge in [-0.1, -0.05) is 0 Å². The molecule has 0 saturated carbocycles. The Hall–Kier alpha value is -1.13. The van der Waals surface area contributed by atoms with E-state index in [0.717, 1.165) is 0 Å². The fourth-order valence-electron chi connectivity index (χ4n) is 4.64. The fraction of sp³-hybridized carbons (Fsp3) is 0.952. The van der Waals surface area contributed by atoms with Crippen molar-refractivity contribution in [3.8, 4) is 0 Å². The Morgan fingerprint density at radius 1 is 0.658 bits per heavy atom. The lowest BCUT2D eigenvalue weighted by Gasteiger charge is -2.48. The van der Waals surface area contributed by atoms with Crippen LogP contribution in [0.2, 0.25) is 0 Å². The number of nitrogens with one attached hydrogen (secondary N) is 1. The van der Waals surface area contributed by atoms with Crippen molar-refractivity contribution >= 4 is 5.91 Å². The lowest BCUT2D eigenvalue weighted by atomic mass is 9.95. The highest BCUT2D eigenvalue weighted by atomic mass is 16.8. The third kappa shape index (κ3) is 6.43. The third-order valence-corrected chi connectivity index (χ3v) is 6.71. The number of carbonyl (C=O) groups excluding carboxylic acids is 1. The van der Waals surface area contributed by atoms with Crippen LogP contribution in [0.4, 0.5) is 0 Å². The number of methoxy groups -OCH3 is 1. The molecule has 0 aromatic carbocycles. The van der Waals surface area contributed by atoms with Gasteiger partial charge in [-0.05, 0) is 0 Å². The van der Waals surface area contributed by atoms with Crippen LogP contribution in [-0.2, 0) is 33.2 Å². The van der Waals surface area contributed by atoms with E-state index in [9.17, 15) is 50.8 Å². The smallest absolute Gasteiger partial charge is 0.217 e. The van der Waals surface area contributed by atoms with Crippen LogP contribution in [0.15, 0.2) is 0 Å². The summed E-state index contributed by atoms with van der Waals surface area (Å²) >= 11 is 0. The zero-order valence-corrected chi connectivity index (χ0v) is 20.7. The number of rotatable bonds is 9. The van der Waals surface area contributed by atoms with Gasteiger partial charge in [-0.2, -0.15) is 0 Å². The molecule has 38 heavy (non-hydrogen) atoms. The molecular formula is C21H37NO16. The van der Waals surface area contributed by atoms with Crippen LogP contribution in [0.5, 0.6) is 0 Å². The van der Waals surface area contributed by atoms with Crippen molar-refractivity contribution in [3.05, 3.63) is 0 Å². The molecule has 3 rings (SSSR count). The van der Waals surface area contributed by atoms with Gasteiger partial charge in [0.15, 0.2) is 18.9 Å². The van der Waals surface area contributed by atoms with Gasteiger partial charge < -0.3 is 79.7 Å². The number of amides is 1. The number of aliphatic hydroxyl groups excluding tert-OH is 9. The van der Waals surface area contributed by atoms with Crippen LogP contribution < -0.4 is 5.32 Å². The Balaban J connectivity index is 1.81. The highest BCUT2D eigenvalue weighted by Crippen LogP contribution is 2.32. The predicted molar refractivity (Wildman–Crippen MR) is 118 cm³/mol. The first-order chi connectivity index (χ1) is 18.0. The summed E-state index contributed by atoms with van der Waals surface area (Å²) in [6.07, 6.45) is -22.3. The van der Waals surface area contributed by atoms with E-state index < -0.39 is 118 Å². The standard InChI is InChI=1S/C21H37NO16/c1-6(26)22-10-13(29)17(9(5-25)36-19(10)33-2)37-21-16(32)18(12(28)8(4-24)35-21)38-20-15(31)14(30)11(27)7(3-23)34-20/h7-21,23-25,27-32H,3-5H2,1-2H3,(H,22,26)/t7?,8-,9?,10-,11-,12-,13?,14?,15-,16?,17+,18?,19+,20+,21-/m0/s1. The molecule has 3 heterocycles. The number of aliphatic hydroxyl groups is 9. The molecular weight excluding hydrogens is 522 g/mol. The zero-order chi connectivity index (χ0) is 28.3. The number of hydrogen-bond donors (Lipinski definition) is 10. The maximum absolute atomic E-state index is 11.6. The molecule has 1 amide bonds. The molecule has 10 N–H and O–H groups in total. The average molecular weight is 560 g/mol. The van der Waals surface area contributed by atoms with Gasteiger partial charge in [-0.15, -0.1) is 0 Å². The number of ether oxygens (including phenoxy) is 6. The van der Waals surface area contributed by atoms with Crippen molar-refractivity contribution in [3.63, 3.8) is 0 Å². The summed E-state index contributed by atoms with van der Waals surface area (Å²) in [5.41, 5.74) is 0. The summed E-state index contributed by atoms with van der Waals surface area (Å²) in [5, 5.41) is 94.2. The van der Waals surface area contributed by atoms with Gasteiger partial charge in [0.25, 0.3) is 0 Å². The fourth-order valence-corrected chi connectivity index (χ4v) is 4.64. The minimum absolute atomic E-state index is 0.536. The minimum atomic E-state index is -1.88. The van der Waals surface area contributed by atoms with E-state index in [-0.39, 0.29) is 0 Å². The van der Waals surface area contributed by atoms with Gasteiger partial charge in [0.05, 0.1) is 19.8 Å². The Morgan fingerprint density at radius 3 is 1.68 bits per heavy atom. The summed E-state index contributed by atoms with van der Waals surface area (Å²) in [7, 11) is 1.25. The summed E-state index contributed by atoms with van der Waals surface area (Å²) in [6, 6.07) is -1.16. The predicted octanol–water partition coefficient (Wildman–Crippen LogP) is -6.78. The Bertz CT molecular complexity index is 761. The van der Waals surface area contributed by atoms with E-state index in [1.54, 1.807) is 0 Å². The first kappa shape index (κ1) is 31.4. The van der Waals surface area contributed by atoms with Gasteiger partial charge in [0.2, 0.25) is 5.91 Å². The zero-order valence-electron chi connectivity index (χ0n) is 20.7. The second-order valence-corrected chi connectivity index (χ2v) is 9.28. The van der Waals surface area contributed by atoms with Crippen molar-refractivity contribution in [2.45, 2.75) is 99.0 Å². The molecule has 222 valence electrons. The molecule has 0 bridgehead atoms. The van der Waals surface area contributed by atoms with E-state index in [0.29, 0.717) is 0 Å². The lowest BCUT2D eigenvalue weighted by molar-refractivity contribution is -0.375. The molecule has 6 unspecified atom stereocenters. The van der Waals surface area contributed by atoms with Crippen LogP contribution in [0.1, 0.15) is 6.92 Å². The largest absolute Gasteiger partial charge is 0.394 e. The molecule has 0 spiro atoms. The normalized spacial score (nSPS) is 48.0. The topological polar surface area (TPSA) is 267 Å². The SMILES string of the molecule is CO[C@@H]1OC(CO)[C@@H](O[C@@H]2O[C@@H](CO)[C@H](O)C(O[C@H]3OC(CO)[C@H](O)C(O)[C@@H]3O)C2O)C(O)[C@@H]1NC(C)=O. The van der Waals surface area contributed by atoms with Crippen molar-refractivity contribution in [1.29, 1.82) is 0 Å². The van der Waals surface area contributed by atoms with Crippen molar-refractivity contribution in [1.82, 2.24) is 5.32 Å². The maximum atomic E-state index is 11.6. The molecule has 0 aromatic heterocycles. The third-order valence-electron chi connectivity index (χ3n) is 6.71. The summed E-state index contributed by atoms with van der Waals surface area (Å²) in [5.74, 6) is -0.536.